The third kappa shape index (κ3) is 9.22. The lowest BCUT2D eigenvalue weighted by Crippen LogP contribution is -2.42. The van der Waals surface area contributed by atoms with Crippen molar-refractivity contribution in [3.05, 3.63) is 0 Å². The summed E-state index contributed by atoms with van der Waals surface area (Å²) in [4.78, 5) is 7.13. The molecule has 154 valence electrons. The highest BCUT2D eigenvalue weighted by molar-refractivity contribution is 14.0. The highest BCUT2D eigenvalue weighted by Crippen LogP contribution is 2.28. The Balaban J connectivity index is 0.00000338. The van der Waals surface area contributed by atoms with Crippen LogP contribution in [0.25, 0.3) is 0 Å². The van der Waals surface area contributed by atoms with Crippen LogP contribution in [0.1, 0.15) is 58.8 Å². The van der Waals surface area contributed by atoms with Crippen LogP contribution in [0.2, 0.25) is 0 Å². The van der Waals surface area contributed by atoms with Crippen molar-refractivity contribution in [3.8, 4) is 0 Å². The molecule has 26 heavy (non-hydrogen) atoms. The predicted octanol–water partition coefficient (Wildman–Crippen LogP) is 3.91. The van der Waals surface area contributed by atoms with Crippen molar-refractivity contribution in [2.75, 3.05) is 46.5 Å². The second kappa shape index (κ2) is 14.0. The molecular formula is C20H40IN3O2. The second-order valence-electron chi connectivity index (χ2n) is 7.78. The fourth-order valence-electron chi connectivity index (χ4n) is 3.80. The Hall–Kier alpha value is -0.0800. The van der Waals surface area contributed by atoms with E-state index in [1.54, 1.807) is 0 Å². The first-order valence-corrected chi connectivity index (χ1v) is 10.4. The molecule has 0 spiro atoms. The molecule has 2 fully saturated rings. The van der Waals surface area contributed by atoms with E-state index < -0.39 is 0 Å². The van der Waals surface area contributed by atoms with Crippen molar-refractivity contribution in [2.45, 2.75) is 64.9 Å². The number of ether oxygens (including phenoxy) is 2. The van der Waals surface area contributed by atoms with Crippen LogP contribution in [0, 0.1) is 11.8 Å². The zero-order chi connectivity index (χ0) is 17.9. The van der Waals surface area contributed by atoms with Gasteiger partial charge in [0.15, 0.2) is 5.96 Å². The maximum absolute atomic E-state index is 5.93. The zero-order valence-corrected chi connectivity index (χ0v) is 19.4. The molecule has 1 saturated carbocycles. The number of hydrogen-bond acceptors (Lipinski definition) is 3. The molecule has 0 radical (unpaired) electrons. The van der Waals surface area contributed by atoms with Crippen LogP contribution < -0.4 is 5.32 Å². The lowest BCUT2D eigenvalue weighted by molar-refractivity contribution is -0.0318. The molecule has 1 aliphatic heterocycles. The minimum absolute atomic E-state index is 0. The number of halogens is 1. The average Bonchev–Trinajstić information content (AvgIpc) is 2.63. The quantitative estimate of drug-likeness (QED) is 0.247. The summed E-state index contributed by atoms with van der Waals surface area (Å²) in [5, 5.41) is 3.44. The van der Waals surface area contributed by atoms with Gasteiger partial charge in [0.1, 0.15) is 0 Å². The molecule has 5 nitrogen and oxygen atoms in total. The summed E-state index contributed by atoms with van der Waals surface area (Å²) in [5.74, 6) is 2.79. The molecule has 2 aliphatic rings. The van der Waals surface area contributed by atoms with Gasteiger partial charge in [-0.15, -0.1) is 24.0 Å². The van der Waals surface area contributed by atoms with E-state index in [2.05, 4.69) is 31.1 Å². The summed E-state index contributed by atoms with van der Waals surface area (Å²) < 4.78 is 11.3. The van der Waals surface area contributed by atoms with E-state index in [-0.39, 0.29) is 24.0 Å². The first-order chi connectivity index (χ1) is 12.2. The van der Waals surface area contributed by atoms with Crippen LogP contribution in [-0.2, 0) is 9.47 Å². The predicted molar refractivity (Wildman–Crippen MR) is 120 cm³/mol. The van der Waals surface area contributed by atoms with Gasteiger partial charge in [0.2, 0.25) is 0 Å². The van der Waals surface area contributed by atoms with Gasteiger partial charge in [-0.25, -0.2) is 0 Å². The summed E-state index contributed by atoms with van der Waals surface area (Å²) in [6.45, 7) is 9.89. The van der Waals surface area contributed by atoms with Gasteiger partial charge in [0, 0.05) is 46.5 Å². The molecule has 6 heteroatoms. The highest BCUT2D eigenvalue weighted by atomic mass is 127. The molecule has 1 saturated heterocycles. The maximum atomic E-state index is 5.93. The number of nitrogens with one attached hydrogen (secondary N) is 1. The Bertz CT molecular complexity index is 381. The minimum Gasteiger partial charge on any atom is -0.381 e. The van der Waals surface area contributed by atoms with E-state index in [4.69, 9.17) is 14.5 Å². The first kappa shape index (κ1) is 24.0. The highest BCUT2D eigenvalue weighted by Gasteiger charge is 2.20. The molecule has 0 amide bonds. The van der Waals surface area contributed by atoms with Gasteiger partial charge in [-0.05, 0) is 50.9 Å². The largest absolute Gasteiger partial charge is 0.381 e. The molecule has 0 aromatic rings. The Kier molecular flexibility index (Phi) is 12.9. The molecule has 1 heterocycles. The molecule has 0 aromatic heterocycles. The number of guanidine groups is 1. The minimum atomic E-state index is 0. The molecule has 1 N–H and O–H groups in total. The first-order valence-electron chi connectivity index (χ1n) is 10.4. The van der Waals surface area contributed by atoms with Crippen LogP contribution >= 0.6 is 24.0 Å². The van der Waals surface area contributed by atoms with Crippen molar-refractivity contribution in [2.24, 2.45) is 16.8 Å². The zero-order valence-electron chi connectivity index (χ0n) is 17.0. The van der Waals surface area contributed by atoms with Crippen molar-refractivity contribution < 1.29 is 9.47 Å². The standard InChI is InChI=1S/C20H39N3O2.HI/c1-4-21-20(23(3)16-18-8-6-17(2)7-9-18)22-12-5-13-25-19-10-14-24-15-11-19;/h17-19H,4-16H2,1-3H3,(H,21,22);1H. The van der Waals surface area contributed by atoms with E-state index in [9.17, 15) is 0 Å². The maximum Gasteiger partial charge on any atom is 0.193 e. The van der Waals surface area contributed by atoms with E-state index in [0.717, 1.165) is 76.5 Å². The Morgan fingerprint density at radius 3 is 2.50 bits per heavy atom. The average molecular weight is 481 g/mol. The Morgan fingerprint density at radius 1 is 1.15 bits per heavy atom. The number of rotatable bonds is 8. The SMILES string of the molecule is CCNC(=NCCCOC1CCOCC1)N(C)CC1CCC(C)CC1.I. The fraction of sp³-hybridized carbons (Fsp3) is 0.950. The van der Waals surface area contributed by atoms with E-state index in [1.807, 2.05) is 0 Å². The van der Waals surface area contributed by atoms with Crippen LogP contribution in [0.5, 0.6) is 0 Å². The Labute approximate surface area is 177 Å². The molecule has 2 rings (SSSR count). The van der Waals surface area contributed by atoms with E-state index in [1.165, 1.54) is 25.7 Å². The van der Waals surface area contributed by atoms with E-state index in [0.29, 0.717) is 6.10 Å². The number of nitrogens with zero attached hydrogens (tertiary/aromatic N) is 2. The van der Waals surface area contributed by atoms with Crippen LogP contribution in [0.4, 0.5) is 0 Å². The smallest absolute Gasteiger partial charge is 0.193 e. The third-order valence-electron chi connectivity index (χ3n) is 5.45. The molecule has 0 bridgehead atoms. The normalized spacial score (nSPS) is 24.8. The van der Waals surface area contributed by atoms with Gasteiger partial charge in [-0.3, -0.25) is 4.99 Å². The summed E-state index contributed by atoms with van der Waals surface area (Å²) in [5.41, 5.74) is 0. The molecule has 1 aliphatic carbocycles. The van der Waals surface area contributed by atoms with Crippen LogP contribution in [-0.4, -0.2) is 63.5 Å². The molecule has 0 unspecified atom stereocenters. The van der Waals surface area contributed by atoms with Gasteiger partial charge < -0.3 is 19.7 Å². The third-order valence-corrected chi connectivity index (χ3v) is 5.45. The summed E-state index contributed by atoms with van der Waals surface area (Å²) in [6, 6.07) is 0. The summed E-state index contributed by atoms with van der Waals surface area (Å²) in [6.07, 6.45) is 8.95. The van der Waals surface area contributed by atoms with Gasteiger partial charge in [-0.1, -0.05) is 19.8 Å². The Morgan fingerprint density at radius 2 is 1.85 bits per heavy atom. The van der Waals surface area contributed by atoms with Crippen molar-refractivity contribution in [1.82, 2.24) is 10.2 Å². The van der Waals surface area contributed by atoms with Crippen LogP contribution in [0.15, 0.2) is 4.99 Å². The monoisotopic (exact) mass is 481 g/mol. The van der Waals surface area contributed by atoms with Gasteiger partial charge in [0.25, 0.3) is 0 Å². The number of aliphatic imine (C=N–C) groups is 1. The van der Waals surface area contributed by atoms with Gasteiger partial charge in [0.05, 0.1) is 6.10 Å². The van der Waals surface area contributed by atoms with Crippen molar-refractivity contribution in [1.29, 1.82) is 0 Å². The van der Waals surface area contributed by atoms with Crippen molar-refractivity contribution in [3.63, 3.8) is 0 Å². The van der Waals surface area contributed by atoms with Gasteiger partial charge in [-0.2, -0.15) is 0 Å². The fourth-order valence-corrected chi connectivity index (χ4v) is 3.80. The van der Waals surface area contributed by atoms with E-state index >= 15 is 0 Å². The lowest BCUT2D eigenvalue weighted by Gasteiger charge is -2.31. The van der Waals surface area contributed by atoms with Crippen molar-refractivity contribution >= 4 is 29.9 Å². The molecule has 0 atom stereocenters. The van der Waals surface area contributed by atoms with Crippen LogP contribution in [0.3, 0.4) is 0 Å². The molecule has 0 aromatic carbocycles. The van der Waals surface area contributed by atoms with Gasteiger partial charge >= 0.3 is 0 Å². The molecular weight excluding hydrogens is 441 g/mol. The summed E-state index contributed by atoms with van der Waals surface area (Å²) in [7, 11) is 2.18. The summed E-state index contributed by atoms with van der Waals surface area (Å²) >= 11 is 0. The second-order valence-corrected chi connectivity index (χ2v) is 7.78. The lowest BCUT2D eigenvalue weighted by atomic mass is 9.83. The topological polar surface area (TPSA) is 46.1 Å². The number of hydrogen-bond donors (Lipinski definition) is 1.